The van der Waals surface area contributed by atoms with Gasteiger partial charge in [-0.15, -0.1) is 0 Å². The van der Waals surface area contributed by atoms with Crippen LogP contribution in [0.25, 0.3) is 0 Å². The molecule has 1 rings (SSSR count). The average Bonchev–Trinajstić information content (AvgIpc) is 2.43. The molecule has 0 saturated carbocycles. The van der Waals surface area contributed by atoms with Gasteiger partial charge in [-0.1, -0.05) is 23.9 Å². The molecule has 2 N–H and O–H groups in total. The van der Waals surface area contributed by atoms with Crippen molar-refractivity contribution in [1.29, 1.82) is 0 Å². The van der Waals surface area contributed by atoms with Gasteiger partial charge in [0.25, 0.3) is 0 Å². The van der Waals surface area contributed by atoms with Crippen LogP contribution in [-0.4, -0.2) is 40.3 Å². The van der Waals surface area contributed by atoms with Crippen molar-refractivity contribution in [3.05, 3.63) is 35.4 Å². The molecule has 0 aliphatic carbocycles. The number of hydrogen-bond donors (Lipinski definition) is 2. The van der Waals surface area contributed by atoms with Crippen LogP contribution in [-0.2, 0) is 9.53 Å². The molecule has 6 heteroatoms. The molecule has 0 bridgehead atoms. The van der Waals surface area contributed by atoms with E-state index in [4.69, 9.17) is 0 Å². The molecular formula is C13H16O5S. The summed E-state index contributed by atoms with van der Waals surface area (Å²) in [5.41, 5.74) is 0.699. The maximum Gasteiger partial charge on any atom is 0.337 e. The maximum atomic E-state index is 11.4. The Balaban J connectivity index is 2.78. The van der Waals surface area contributed by atoms with Crippen molar-refractivity contribution in [1.82, 2.24) is 0 Å². The van der Waals surface area contributed by atoms with Gasteiger partial charge in [-0.3, -0.25) is 4.79 Å². The molecule has 0 radical (unpaired) electrons. The van der Waals surface area contributed by atoms with Gasteiger partial charge in [-0.2, -0.15) is 0 Å². The van der Waals surface area contributed by atoms with Gasteiger partial charge >= 0.3 is 5.97 Å². The first-order chi connectivity index (χ1) is 8.95. The van der Waals surface area contributed by atoms with Crippen molar-refractivity contribution < 1.29 is 24.5 Å². The van der Waals surface area contributed by atoms with E-state index in [0.29, 0.717) is 11.1 Å². The first kappa shape index (κ1) is 15.7. The van der Waals surface area contributed by atoms with E-state index >= 15 is 0 Å². The zero-order valence-electron chi connectivity index (χ0n) is 10.7. The first-order valence-corrected chi connectivity index (χ1v) is 6.62. The van der Waals surface area contributed by atoms with Crippen LogP contribution in [0.3, 0.4) is 0 Å². The minimum atomic E-state index is -1.16. The highest BCUT2D eigenvalue weighted by atomic mass is 32.2. The Kier molecular flexibility index (Phi) is 6.01. The Morgan fingerprint density at radius 1 is 1.37 bits per heavy atom. The second kappa shape index (κ2) is 7.28. The van der Waals surface area contributed by atoms with Crippen molar-refractivity contribution >= 4 is 22.8 Å². The predicted octanol–water partition coefficient (Wildman–Crippen LogP) is 1.15. The van der Waals surface area contributed by atoms with Gasteiger partial charge in [-0.05, 0) is 17.7 Å². The summed E-state index contributed by atoms with van der Waals surface area (Å²) in [4.78, 5) is 22.2. The van der Waals surface area contributed by atoms with E-state index in [1.54, 1.807) is 18.2 Å². The largest absolute Gasteiger partial charge is 0.465 e. The van der Waals surface area contributed by atoms with Gasteiger partial charge in [0.1, 0.15) is 6.10 Å². The molecule has 19 heavy (non-hydrogen) atoms. The van der Waals surface area contributed by atoms with Crippen molar-refractivity contribution in [2.24, 2.45) is 0 Å². The highest BCUT2D eigenvalue weighted by Crippen LogP contribution is 2.21. The quantitative estimate of drug-likeness (QED) is 0.789. The summed E-state index contributed by atoms with van der Waals surface area (Å²) >= 11 is 0.937. The molecule has 0 saturated heterocycles. The third-order valence-corrected chi connectivity index (χ3v) is 3.39. The lowest BCUT2D eigenvalue weighted by molar-refractivity contribution is -0.109. The Hall–Kier alpha value is -1.37. The smallest absolute Gasteiger partial charge is 0.337 e. The number of carbonyl (C=O) groups excluding carboxylic acids is 2. The number of aliphatic hydroxyl groups is 2. The summed E-state index contributed by atoms with van der Waals surface area (Å²) in [5.74, 6) is -0.416. The lowest BCUT2D eigenvalue weighted by Crippen LogP contribution is -2.21. The van der Waals surface area contributed by atoms with Crippen LogP contribution in [0.4, 0.5) is 0 Å². The van der Waals surface area contributed by atoms with Crippen molar-refractivity contribution in [2.75, 3.05) is 12.9 Å². The SMILES string of the molecule is COC(=O)c1cccc(C(O)C(O)CSC(C)=O)c1. The monoisotopic (exact) mass is 284 g/mol. The molecule has 2 unspecified atom stereocenters. The van der Waals surface area contributed by atoms with Gasteiger partial charge in [-0.25, -0.2) is 4.79 Å². The molecular weight excluding hydrogens is 268 g/mol. The minimum absolute atomic E-state index is 0.0962. The fourth-order valence-corrected chi connectivity index (χ4v) is 2.07. The van der Waals surface area contributed by atoms with E-state index in [0.717, 1.165) is 11.8 Å². The van der Waals surface area contributed by atoms with Crippen LogP contribution in [0.5, 0.6) is 0 Å². The minimum Gasteiger partial charge on any atom is -0.465 e. The van der Waals surface area contributed by atoms with Crippen LogP contribution >= 0.6 is 11.8 Å². The number of methoxy groups -OCH3 is 1. The molecule has 0 aliphatic rings. The third kappa shape index (κ3) is 4.66. The number of ether oxygens (including phenoxy) is 1. The number of esters is 1. The van der Waals surface area contributed by atoms with Gasteiger partial charge in [0.15, 0.2) is 5.12 Å². The highest BCUT2D eigenvalue weighted by Gasteiger charge is 2.20. The number of thioether (sulfide) groups is 1. The van der Waals surface area contributed by atoms with Crippen LogP contribution in [0.1, 0.15) is 28.9 Å². The Morgan fingerprint density at radius 2 is 2.05 bits per heavy atom. The maximum absolute atomic E-state index is 11.4. The third-order valence-electron chi connectivity index (χ3n) is 2.47. The molecule has 0 aliphatic heterocycles. The summed E-state index contributed by atoms with van der Waals surface area (Å²) in [6, 6.07) is 6.20. The fraction of sp³-hybridized carbons (Fsp3) is 0.385. The van der Waals surface area contributed by atoms with Gasteiger partial charge < -0.3 is 14.9 Å². The van der Waals surface area contributed by atoms with Crippen LogP contribution in [0.2, 0.25) is 0 Å². The standard InChI is InChI=1S/C13H16O5S/c1-8(14)19-7-11(15)12(16)9-4-3-5-10(6-9)13(17)18-2/h3-6,11-12,15-16H,7H2,1-2H3. The summed E-state index contributed by atoms with van der Waals surface area (Å²) in [6.07, 6.45) is -2.24. The summed E-state index contributed by atoms with van der Waals surface area (Å²) in [5, 5.41) is 19.6. The Labute approximate surface area is 115 Å². The van der Waals surface area contributed by atoms with Gasteiger partial charge in [0.05, 0.1) is 18.8 Å². The molecule has 2 atom stereocenters. The summed E-state index contributed by atoms with van der Waals surface area (Å²) in [6.45, 7) is 1.39. The summed E-state index contributed by atoms with van der Waals surface area (Å²) < 4.78 is 4.58. The number of carbonyl (C=O) groups is 2. The van der Waals surface area contributed by atoms with E-state index in [9.17, 15) is 19.8 Å². The van der Waals surface area contributed by atoms with Gasteiger partial charge in [0.2, 0.25) is 0 Å². The Morgan fingerprint density at radius 3 is 2.63 bits per heavy atom. The van der Waals surface area contributed by atoms with E-state index in [-0.39, 0.29) is 10.9 Å². The van der Waals surface area contributed by atoms with E-state index in [1.165, 1.54) is 20.1 Å². The lowest BCUT2D eigenvalue weighted by Gasteiger charge is -2.17. The normalized spacial score (nSPS) is 13.7. The van der Waals surface area contributed by atoms with Crippen LogP contribution in [0.15, 0.2) is 24.3 Å². The van der Waals surface area contributed by atoms with Gasteiger partial charge in [0, 0.05) is 12.7 Å². The molecule has 1 aromatic carbocycles. The second-order valence-corrected chi connectivity index (χ2v) is 5.13. The van der Waals surface area contributed by atoms with Crippen molar-refractivity contribution in [2.45, 2.75) is 19.1 Å². The zero-order valence-corrected chi connectivity index (χ0v) is 11.5. The summed E-state index contributed by atoms with van der Waals surface area (Å²) in [7, 11) is 1.27. The lowest BCUT2D eigenvalue weighted by atomic mass is 10.0. The predicted molar refractivity (Wildman–Crippen MR) is 71.9 cm³/mol. The zero-order chi connectivity index (χ0) is 14.4. The van der Waals surface area contributed by atoms with E-state index in [2.05, 4.69) is 4.74 Å². The van der Waals surface area contributed by atoms with E-state index in [1.807, 2.05) is 0 Å². The molecule has 0 heterocycles. The highest BCUT2D eigenvalue weighted by molar-refractivity contribution is 8.13. The molecule has 0 amide bonds. The average molecular weight is 284 g/mol. The number of benzene rings is 1. The van der Waals surface area contributed by atoms with Crippen LogP contribution < -0.4 is 0 Å². The Bertz CT molecular complexity index is 460. The molecule has 0 fully saturated rings. The molecule has 0 spiro atoms. The first-order valence-electron chi connectivity index (χ1n) is 5.63. The fourth-order valence-electron chi connectivity index (χ4n) is 1.48. The van der Waals surface area contributed by atoms with Crippen molar-refractivity contribution in [3.8, 4) is 0 Å². The molecule has 5 nitrogen and oxygen atoms in total. The molecule has 104 valence electrons. The van der Waals surface area contributed by atoms with E-state index < -0.39 is 18.2 Å². The topological polar surface area (TPSA) is 83.8 Å². The van der Waals surface area contributed by atoms with Crippen molar-refractivity contribution in [3.63, 3.8) is 0 Å². The number of aliphatic hydroxyl groups excluding tert-OH is 2. The number of rotatable bonds is 5. The number of hydrogen-bond acceptors (Lipinski definition) is 6. The molecule has 0 aromatic heterocycles. The van der Waals surface area contributed by atoms with Crippen LogP contribution in [0, 0.1) is 0 Å². The molecule has 1 aromatic rings. The second-order valence-electron chi connectivity index (χ2n) is 3.93.